The minimum Gasteiger partial charge on any atom is -0.465 e. The van der Waals surface area contributed by atoms with Gasteiger partial charge >= 0.3 is 5.97 Å². The van der Waals surface area contributed by atoms with Crippen molar-refractivity contribution in [3.8, 4) is 11.1 Å². The maximum absolute atomic E-state index is 14.3. The van der Waals surface area contributed by atoms with Gasteiger partial charge in [0.05, 0.1) is 18.9 Å². The topological polar surface area (TPSA) is 42.4 Å². The molecular formula is C21H27FN2O2. The van der Waals surface area contributed by atoms with E-state index in [2.05, 4.69) is 37.6 Å². The minimum absolute atomic E-state index is 0.309. The quantitative estimate of drug-likeness (QED) is 0.708. The van der Waals surface area contributed by atoms with Gasteiger partial charge in [0.25, 0.3) is 0 Å². The smallest absolute Gasteiger partial charge is 0.338 e. The van der Waals surface area contributed by atoms with Crippen LogP contribution in [0.5, 0.6) is 0 Å². The van der Waals surface area contributed by atoms with Crippen LogP contribution < -0.4 is 0 Å². The first kappa shape index (κ1) is 20.0. The summed E-state index contributed by atoms with van der Waals surface area (Å²) in [6.07, 6.45) is 1.23. The molecule has 0 atom stereocenters. The van der Waals surface area contributed by atoms with Gasteiger partial charge in [-0.15, -0.1) is 0 Å². The summed E-state index contributed by atoms with van der Waals surface area (Å²) in [6, 6.07) is 7.68. The number of aryl methyl sites for hydroxylation is 1. The highest BCUT2D eigenvalue weighted by Gasteiger charge is 2.20. The second kappa shape index (κ2) is 8.41. The zero-order valence-electron chi connectivity index (χ0n) is 16.3. The third-order valence-corrected chi connectivity index (χ3v) is 4.49. The van der Waals surface area contributed by atoms with Crippen LogP contribution in [0.3, 0.4) is 0 Å². The number of pyridine rings is 1. The van der Waals surface area contributed by atoms with Gasteiger partial charge in [-0.05, 0) is 63.9 Å². The summed E-state index contributed by atoms with van der Waals surface area (Å²) in [7, 11) is 1.37. The van der Waals surface area contributed by atoms with E-state index < -0.39 is 0 Å². The summed E-state index contributed by atoms with van der Waals surface area (Å²) in [4.78, 5) is 18.5. The van der Waals surface area contributed by atoms with Gasteiger partial charge in [0.1, 0.15) is 5.82 Å². The molecule has 5 heteroatoms. The standard InChI is InChI=1S/C21H27FN2O2/c1-13(2)24(14(3)4)12-17-10-16(7-8-18(17)21(25)26-6)19-9-15(5)23-11-20(19)22/h7-11,13-14H,12H2,1-6H3. The number of benzene rings is 1. The van der Waals surface area contributed by atoms with Crippen LogP contribution in [0.1, 0.15) is 49.3 Å². The van der Waals surface area contributed by atoms with Crippen molar-refractivity contribution in [2.24, 2.45) is 0 Å². The van der Waals surface area contributed by atoms with Crippen LogP contribution in [-0.4, -0.2) is 35.0 Å². The molecule has 0 fully saturated rings. The first-order chi connectivity index (χ1) is 12.2. The number of methoxy groups -OCH3 is 1. The van der Waals surface area contributed by atoms with Crippen molar-refractivity contribution < 1.29 is 13.9 Å². The highest BCUT2D eigenvalue weighted by molar-refractivity contribution is 5.92. The molecule has 0 unspecified atom stereocenters. The molecular weight excluding hydrogens is 331 g/mol. The molecule has 0 amide bonds. The summed E-state index contributed by atoms with van der Waals surface area (Å²) < 4.78 is 19.2. The number of aromatic nitrogens is 1. The Balaban J connectivity index is 2.55. The van der Waals surface area contributed by atoms with Gasteiger partial charge in [-0.3, -0.25) is 9.88 Å². The fraction of sp³-hybridized carbons (Fsp3) is 0.429. The predicted molar refractivity (Wildman–Crippen MR) is 102 cm³/mol. The summed E-state index contributed by atoms with van der Waals surface area (Å²) >= 11 is 0. The van der Waals surface area contributed by atoms with Gasteiger partial charge in [0.15, 0.2) is 0 Å². The number of carbonyl (C=O) groups excluding carboxylic acids is 1. The third-order valence-electron chi connectivity index (χ3n) is 4.49. The number of hydrogen-bond acceptors (Lipinski definition) is 4. The van der Waals surface area contributed by atoms with E-state index in [1.54, 1.807) is 18.2 Å². The molecule has 26 heavy (non-hydrogen) atoms. The molecule has 1 heterocycles. The molecule has 0 saturated heterocycles. The average Bonchev–Trinajstić information content (AvgIpc) is 2.60. The molecule has 1 aromatic carbocycles. The Bertz CT molecular complexity index is 780. The lowest BCUT2D eigenvalue weighted by molar-refractivity contribution is 0.0596. The molecule has 2 rings (SSSR count). The van der Waals surface area contributed by atoms with Crippen LogP contribution >= 0.6 is 0 Å². The fourth-order valence-corrected chi connectivity index (χ4v) is 3.12. The summed E-state index contributed by atoms with van der Waals surface area (Å²) in [5, 5.41) is 0. The Hall–Kier alpha value is -2.27. The SMILES string of the molecule is COC(=O)c1ccc(-c2cc(C)ncc2F)cc1CN(C(C)C)C(C)C. The minimum atomic E-state index is -0.384. The number of halogens is 1. The van der Waals surface area contributed by atoms with Crippen LogP contribution in [0.2, 0.25) is 0 Å². The van der Waals surface area contributed by atoms with Crippen LogP contribution in [0.25, 0.3) is 11.1 Å². The van der Waals surface area contributed by atoms with Crippen molar-refractivity contribution in [1.29, 1.82) is 0 Å². The van der Waals surface area contributed by atoms with Crippen LogP contribution in [0.4, 0.5) is 4.39 Å². The van der Waals surface area contributed by atoms with Crippen molar-refractivity contribution >= 4 is 5.97 Å². The first-order valence-corrected chi connectivity index (χ1v) is 8.84. The van der Waals surface area contributed by atoms with Crippen molar-refractivity contribution in [3.05, 3.63) is 53.1 Å². The Kier molecular flexibility index (Phi) is 6.48. The molecule has 0 N–H and O–H groups in total. The largest absolute Gasteiger partial charge is 0.465 e. The van der Waals surface area contributed by atoms with Crippen LogP contribution in [0.15, 0.2) is 30.5 Å². The molecule has 0 aliphatic carbocycles. The molecule has 0 aliphatic heterocycles. The van der Waals surface area contributed by atoms with E-state index in [-0.39, 0.29) is 11.8 Å². The van der Waals surface area contributed by atoms with Crippen molar-refractivity contribution in [2.45, 2.75) is 53.2 Å². The van der Waals surface area contributed by atoms with Gasteiger partial charge in [0, 0.05) is 29.9 Å². The molecule has 140 valence electrons. The number of rotatable bonds is 6. The Labute approximate surface area is 155 Å². The molecule has 0 radical (unpaired) electrons. The summed E-state index contributed by atoms with van der Waals surface area (Å²) in [5.74, 6) is -0.762. The average molecular weight is 358 g/mol. The predicted octanol–water partition coefficient (Wildman–Crippen LogP) is 4.60. The Morgan fingerprint density at radius 2 is 1.85 bits per heavy atom. The lowest BCUT2D eigenvalue weighted by Gasteiger charge is -2.31. The van der Waals surface area contributed by atoms with E-state index in [1.165, 1.54) is 13.3 Å². The van der Waals surface area contributed by atoms with E-state index in [0.717, 1.165) is 16.8 Å². The number of hydrogen-bond donors (Lipinski definition) is 0. The fourth-order valence-electron chi connectivity index (χ4n) is 3.12. The molecule has 0 spiro atoms. The molecule has 0 saturated carbocycles. The van der Waals surface area contributed by atoms with Gasteiger partial charge in [0.2, 0.25) is 0 Å². The zero-order chi connectivity index (χ0) is 19.4. The maximum Gasteiger partial charge on any atom is 0.338 e. The second-order valence-electron chi connectivity index (χ2n) is 7.03. The lowest BCUT2D eigenvalue weighted by atomic mass is 9.98. The number of esters is 1. The van der Waals surface area contributed by atoms with Gasteiger partial charge in [-0.1, -0.05) is 6.07 Å². The molecule has 1 aromatic heterocycles. The molecule has 4 nitrogen and oxygen atoms in total. The second-order valence-corrected chi connectivity index (χ2v) is 7.03. The van der Waals surface area contributed by atoms with E-state index in [1.807, 2.05) is 13.0 Å². The van der Waals surface area contributed by atoms with Gasteiger partial charge in [-0.2, -0.15) is 0 Å². The maximum atomic E-state index is 14.3. The van der Waals surface area contributed by atoms with Crippen LogP contribution in [0, 0.1) is 12.7 Å². The normalized spacial score (nSPS) is 11.5. The highest BCUT2D eigenvalue weighted by Crippen LogP contribution is 2.27. The summed E-state index contributed by atoms with van der Waals surface area (Å²) in [6.45, 7) is 10.9. The first-order valence-electron chi connectivity index (χ1n) is 8.84. The lowest BCUT2D eigenvalue weighted by Crippen LogP contribution is -2.36. The number of nitrogens with zero attached hydrogens (tertiary/aromatic N) is 2. The van der Waals surface area contributed by atoms with Crippen molar-refractivity contribution in [1.82, 2.24) is 9.88 Å². The monoisotopic (exact) mass is 358 g/mol. The van der Waals surface area contributed by atoms with E-state index in [9.17, 15) is 9.18 Å². The Morgan fingerprint density at radius 3 is 2.42 bits per heavy atom. The number of carbonyl (C=O) groups is 1. The van der Waals surface area contributed by atoms with E-state index in [4.69, 9.17) is 4.74 Å². The molecule has 0 bridgehead atoms. The zero-order valence-corrected chi connectivity index (χ0v) is 16.3. The number of ether oxygens (including phenoxy) is 1. The van der Waals surface area contributed by atoms with E-state index >= 15 is 0 Å². The molecule has 0 aliphatic rings. The van der Waals surface area contributed by atoms with E-state index in [0.29, 0.717) is 29.8 Å². The highest BCUT2D eigenvalue weighted by atomic mass is 19.1. The van der Waals surface area contributed by atoms with Gasteiger partial charge in [-0.25, -0.2) is 9.18 Å². The Morgan fingerprint density at radius 1 is 1.19 bits per heavy atom. The van der Waals surface area contributed by atoms with Crippen molar-refractivity contribution in [2.75, 3.05) is 7.11 Å². The molecule has 2 aromatic rings. The third kappa shape index (κ3) is 4.47. The van der Waals surface area contributed by atoms with Crippen LogP contribution in [-0.2, 0) is 11.3 Å². The summed E-state index contributed by atoms with van der Waals surface area (Å²) in [5.41, 5.74) is 3.28. The van der Waals surface area contributed by atoms with Crippen molar-refractivity contribution in [3.63, 3.8) is 0 Å². The van der Waals surface area contributed by atoms with Gasteiger partial charge < -0.3 is 4.74 Å².